The quantitative estimate of drug-likeness (QED) is 0.741. The number of ketones is 1. The molecule has 1 aromatic rings. The van der Waals surface area contributed by atoms with Gasteiger partial charge in [0.05, 0.1) is 0 Å². The third-order valence-corrected chi connectivity index (χ3v) is 2.92. The summed E-state index contributed by atoms with van der Waals surface area (Å²) in [4.78, 5) is 11.9. The maximum Gasteiger partial charge on any atom is 0.142 e. The number of Topliss-reactive ketones (excluding diaryl/α,β-unsaturated/α-hetero) is 1. The number of carbonyl (C=O) groups is 1. The Morgan fingerprint density at radius 1 is 1.27 bits per heavy atom. The summed E-state index contributed by atoms with van der Waals surface area (Å²) in [5.41, 5.74) is 0.594. The zero-order valence-electron chi connectivity index (χ0n) is 9.51. The van der Waals surface area contributed by atoms with Crippen LogP contribution < -0.4 is 0 Å². The van der Waals surface area contributed by atoms with Crippen LogP contribution in [0.25, 0.3) is 0 Å². The van der Waals surface area contributed by atoms with E-state index in [4.69, 9.17) is 0 Å². The molecule has 0 saturated carbocycles. The molecule has 0 amide bonds. The van der Waals surface area contributed by atoms with Gasteiger partial charge in [-0.3, -0.25) is 4.79 Å². The highest BCUT2D eigenvalue weighted by atomic mass is 19.1. The first-order valence-corrected chi connectivity index (χ1v) is 5.23. The average molecular weight is 208 g/mol. The molecule has 1 aromatic carbocycles. The highest BCUT2D eigenvalue weighted by Gasteiger charge is 2.24. The maximum absolute atomic E-state index is 12.6. The van der Waals surface area contributed by atoms with E-state index >= 15 is 0 Å². The molecule has 0 aliphatic heterocycles. The number of rotatable bonds is 4. The first-order valence-electron chi connectivity index (χ1n) is 5.23. The first-order chi connectivity index (χ1) is 6.95. The van der Waals surface area contributed by atoms with Gasteiger partial charge in [-0.15, -0.1) is 0 Å². The van der Waals surface area contributed by atoms with Crippen LogP contribution in [0.1, 0.15) is 32.8 Å². The van der Waals surface area contributed by atoms with Crippen LogP contribution in [0, 0.1) is 11.2 Å². The van der Waals surface area contributed by atoms with Gasteiger partial charge in [-0.2, -0.15) is 0 Å². The number of carbonyl (C=O) groups excluding carboxylic acids is 1. The summed E-state index contributed by atoms with van der Waals surface area (Å²) in [6.45, 7) is 5.89. The van der Waals surface area contributed by atoms with E-state index in [1.54, 1.807) is 12.1 Å². The van der Waals surface area contributed by atoms with Crippen LogP contribution in [0.3, 0.4) is 0 Å². The fourth-order valence-electron chi connectivity index (χ4n) is 1.22. The van der Waals surface area contributed by atoms with Gasteiger partial charge in [0.1, 0.15) is 11.6 Å². The van der Waals surface area contributed by atoms with E-state index in [2.05, 4.69) is 0 Å². The topological polar surface area (TPSA) is 17.1 Å². The molecular formula is C13H17FO. The van der Waals surface area contributed by atoms with Crippen LogP contribution in [0.5, 0.6) is 0 Å². The van der Waals surface area contributed by atoms with Gasteiger partial charge in [0.25, 0.3) is 0 Å². The van der Waals surface area contributed by atoms with Crippen LogP contribution >= 0.6 is 0 Å². The summed E-state index contributed by atoms with van der Waals surface area (Å²) in [6.07, 6.45) is 1.22. The maximum atomic E-state index is 12.6. The highest BCUT2D eigenvalue weighted by Crippen LogP contribution is 2.23. The van der Waals surface area contributed by atoms with Crippen LogP contribution in [-0.4, -0.2) is 5.78 Å². The summed E-state index contributed by atoms with van der Waals surface area (Å²) in [5, 5.41) is 0. The molecule has 82 valence electrons. The van der Waals surface area contributed by atoms with E-state index in [1.807, 2.05) is 20.8 Å². The Morgan fingerprint density at radius 2 is 1.80 bits per heavy atom. The van der Waals surface area contributed by atoms with Crippen molar-refractivity contribution in [2.45, 2.75) is 33.6 Å². The fraction of sp³-hybridized carbons (Fsp3) is 0.462. The van der Waals surface area contributed by atoms with E-state index in [1.165, 1.54) is 12.1 Å². The van der Waals surface area contributed by atoms with Crippen molar-refractivity contribution in [3.05, 3.63) is 35.6 Å². The third-order valence-electron chi connectivity index (χ3n) is 2.92. The van der Waals surface area contributed by atoms with Gasteiger partial charge in [-0.25, -0.2) is 4.39 Å². The Kier molecular flexibility index (Phi) is 3.61. The number of halogens is 1. The molecule has 0 aliphatic rings. The highest BCUT2D eigenvalue weighted by molar-refractivity contribution is 5.86. The normalized spacial score (nSPS) is 11.5. The van der Waals surface area contributed by atoms with Gasteiger partial charge < -0.3 is 0 Å². The summed E-state index contributed by atoms with van der Waals surface area (Å²) < 4.78 is 12.6. The second kappa shape index (κ2) is 4.56. The zero-order chi connectivity index (χ0) is 11.5. The lowest BCUT2D eigenvalue weighted by molar-refractivity contribution is -0.126. The summed E-state index contributed by atoms with van der Waals surface area (Å²) >= 11 is 0. The van der Waals surface area contributed by atoms with Crippen molar-refractivity contribution in [2.24, 2.45) is 5.41 Å². The number of hydrogen-bond donors (Lipinski definition) is 0. The zero-order valence-corrected chi connectivity index (χ0v) is 9.51. The lowest BCUT2D eigenvalue weighted by Gasteiger charge is -2.20. The monoisotopic (exact) mass is 208 g/mol. The molecule has 0 bridgehead atoms. The van der Waals surface area contributed by atoms with Gasteiger partial charge in [-0.05, 0) is 24.1 Å². The van der Waals surface area contributed by atoms with E-state index < -0.39 is 0 Å². The molecule has 15 heavy (non-hydrogen) atoms. The molecule has 1 nitrogen and oxygen atoms in total. The lowest BCUT2D eigenvalue weighted by Crippen LogP contribution is -2.24. The fourth-order valence-corrected chi connectivity index (χ4v) is 1.22. The molecule has 0 saturated heterocycles. The molecule has 2 heteroatoms. The minimum Gasteiger partial charge on any atom is -0.299 e. The molecule has 0 aromatic heterocycles. The third kappa shape index (κ3) is 3.15. The average Bonchev–Trinajstić information content (AvgIpc) is 2.21. The van der Waals surface area contributed by atoms with Gasteiger partial charge in [0.15, 0.2) is 0 Å². The van der Waals surface area contributed by atoms with Gasteiger partial charge >= 0.3 is 0 Å². The minimum absolute atomic E-state index is 0.205. The van der Waals surface area contributed by atoms with Crippen molar-refractivity contribution < 1.29 is 9.18 Å². The Morgan fingerprint density at radius 3 is 2.27 bits per heavy atom. The van der Waals surface area contributed by atoms with Crippen molar-refractivity contribution in [1.29, 1.82) is 0 Å². The van der Waals surface area contributed by atoms with E-state index in [0.29, 0.717) is 6.42 Å². The van der Waals surface area contributed by atoms with Crippen molar-refractivity contribution in [1.82, 2.24) is 0 Å². The van der Waals surface area contributed by atoms with E-state index in [-0.39, 0.29) is 17.0 Å². The first kappa shape index (κ1) is 11.9. The van der Waals surface area contributed by atoms with Gasteiger partial charge in [-0.1, -0.05) is 32.9 Å². The molecule has 0 spiro atoms. The molecule has 0 atom stereocenters. The Bertz CT molecular complexity index is 338. The molecular weight excluding hydrogens is 191 g/mol. The molecule has 0 heterocycles. The van der Waals surface area contributed by atoms with Crippen LogP contribution in [0.2, 0.25) is 0 Å². The second-order valence-electron chi connectivity index (χ2n) is 4.46. The van der Waals surface area contributed by atoms with Crippen LogP contribution in [-0.2, 0) is 11.2 Å². The molecule has 1 rings (SSSR count). The molecule has 0 fully saturated rings. The lowest BCUT2D eigenvalue weighted by atomic mass is 9.82. The SMILES string of the molecule is CCC(C)(C)C(=O)Cc1ccc(F)cc1. The van der Waals surface area contributed by atoms with Gasteiger partial charge in [0.2, 0.25) is 0 Å². The Labute approximate surface area is 90.3 Å². The minimum atomic E-state index is -0.283. The van der Waals surface area contributed by atoms with Crippen molar-refractivity contribution in [3.63, 3.8) is 0 Å². The van der Waals surface area contributed by atoms with E-state index in [0.717, 1.165) is 12.0 Å². The molecule has 0 N–H and O–H groups in total. The molecule has 0 aliphatic carbocycles. The predicted octanol–water partition coefficient (Wildman–Crippen LogP) is 3.37. The van der Waals surface area contributed by atoms with Crippen molar-refractivity contribution >= 4 is 5.78 Å². The molecule has 0 radical (unpaired) electrons. The van der Waals surface area contributed by atoms with Crippen LogP contribution in [0.4, 0.5) is 4.39 Å². The largest absolute Gasteiger partial charge is 0.299 e. The predicted molar refractivity (Wildman–Crippen MR) is 59.2 cm³/mol. The standard InChI is InChI=1S/C13H17FO/c1-4-13(2,3)12(15)9-10-5-7-11(14)8-6-10/h5-8H,4,9H2,1-3H3. The van der Waals surface area contributed by atoms with Gasteiger partial charge in [0, 0.05) is 11.8 Å². The summed E-state index contributed by atoms with van der Waals surface area (Å²) in [7, 11) is 0. The van der Waals surface area contributed by atoms with Crippen molar-refractivity contribution in [2.75, 3.05) is 0 Å². The summed E-state index contributed by atoms with van der Waals surface area (Å²) in [5.74, 6) is -0.0578. The Hall–Kier alpha value is -1.18. The summed E-state index contributed by atoms with van der Waals surface area (Å²) in [6, 6.07) is 6.11. The Balaban J connectivity index is 2.71. The molecule has 0 unspecified atom stereocenters. The number of hydrogen-bond acceptors (Lipinski definition) is 1. The smallest absolute Gasteiger partial charge is 0.142 e. The van der Waals surface area contributed by atoms with Crippen LogP contribution in [0.15, 0.2) is 24.3 Å². The number of benzene rings is 1. The van der Waals surface area contributed by atoms with Crippen molar-refractivity contribution in [3.8, 4) is 0 Å². The van der Waals surface area contributed by atoms with E-state index in [9.17, 15) is 9.18 Å². The second-order valence-corrected chi connectivity index (χ2v) is 4.46.